The second kappa shape index (κ2) is 15.7. The van der Waals surface area contributed by atoms with Crippen LogP contribution in [0.2, 0.25) is 0 Å². The van der Waals surface area contributed by atoms with Crippen LogP contribution >= 0.6 is 0 Å². The first-order valence-corrected chi connectivity index (χ1v) is 18.3. The summed E-state index contributed by atoms with van der Waals surface area (Å²) in [6.07, 6.45) is 21.1. The molecule has 6 heteroatoms. The molecule has 2 saturated carbocycles. The SMILES string of the molecule is CC(=O)O[C@H]1CC(C)(C)C(=CC/C(C)=C/CC/C(C)=C/CC/C=C(C)/C=C\CC(C)C(=O)C[C@@]23O[C@]2(C)C[C@@H](O)CC3(C)C)[C@](C)(O)C1. The van der Waals surface area contributed by atoms with Gasteiger partial charge in [-0.1, -0.05) is 87.8 Å². The first-order chi connectivity index (χ1) is 22.1. The maximum atomic E-state index is 13.2. The van der Waals surface area contributed by atoms with Crippen molar-refractivity contribution in [1.82, 2.24) is 0 Å². The van der Waals surface area contributed by atoms with Crippen molar-refractivity contribution in [3.05, 3.63) is 58.7 Å². The number of allylic oxidation sites excluding steroid dienone is 9. The van der Waals surface area contributed by atoms with E-state index in [-0.39, 0.29) is 40.7 Å². The number of hydrogen-bond acceptors (Lipinski definition) is 6. The average Bonchev–Trinajstić information content (AvgIpc) is 3.53. The van der Waals surface area contributed by atoms with Gasteiger partial charge < -0.3 is 19.7 Å². The van der Waals surface area contributed by atoms with Gasteiger partial charge in [0.15, 0.2) is 0 Å². The second-order valence-corrected chi connectivity index (χ2v) is 17.1. The van der Waals surface area contributed by atoms with Crippen molar-refractivity contribution in [2.75, 3.05) is 0 Å². The lowest BCUT2D eigenvalue weighted by Gasteiger charge is -2.46. The van der Waals surface area contributed by atoms with Crippen LogP contribution in [0.25, 0.3) is 0 Å². The Bertz CT molecular complexity index is 1300. The summed E-state index contributed by atoms with van der Waals surface area (Å²) in [7, 11) is 0. The van der Waals surface area contributed by atoms with Gasteiger partial charge in [0.2, 0.25) is 0 Å². The summed E-state index contributed by atoms with van der Waals surface area (Å²) in [4.78, 5) is 24.7. The number of carbonyl (C=O) groups is 2. The van der Waals surface area contributed by atoms with Gasteiger partial charge in [0, 0.05) is 32.1 Å². The molecular weight excluding hydrogens is 600 g/mol. The zero-order chi connectivity index (χ0) is 36.1. The fourth-order valence-electron chi connectivity index (χ4n) is 8.72. The Morgan fingerprint density at radius 1 is 0.917 bits per heavy atom. The third kappa shape index (κ3) is 10.1. The van der Waals surface area contributed by atoms with Gasteiger partial charge in [0.25, 0.3) is 0 Å². The van der Waals surface area contributed by atoms with Crippen LogP contribution < -0.4 is 0 Å². The number of fused-ring (bicyclic) bond motifs is 1. The molecule has 2 N–H and O–H groups in total. The molecule has 1 unspecified atom stereocenters. The normalized spacial score (nSPS) is 33.4. The molecule has 6 atom stereocenters. The largest absolute Gasteiger partial charge is 0.462 e. The maximum absolute atomic E-state index is 13.2. The average molecular weight is 667 g/mol. The number of Topliss-reactive ketones (excluding diaryl/α,β-unsaturated/α-hetero) is 1. The molecule has 0 aromatic rings. The number of hydrogen-bond donors (Lipinski definition) is 2. The Balaban J connectivity index is 1.39. The van der Waals surface area contributed by atoms with Gasteiger partial charge >= 0.3 is 5.97 Å². The Labute approximate surface area is 291 Å². The molecule has 270 valence electrons. The highest BCUT2D eigenvalue weighted by atomic mass is 16.6. The molecule has 1 saturated heterocycles. The van der Waals surface area contributed by atoms with Gasteiger partial charge in [0.05, 0.1) is 17.3 Å². The van der Waals surface area contributed by atoms with Crippen molar-refractivity contribution < 1.29 is 29.3 Å². The highest BCUT2D eigenvalue weighted by molar-refractivity contribution is 5.82. The van der Waals surface area contributed by atoms with E-state index >= 15 is 0 Å². The van der Waals surface area contributed by atoms with Crippen LogP contribution in [0, 0.1) is 16.7 Å². The molecule has 6 nitrogen and oxygen atoms in total. The van der Waals surface area contributed by atoms with E-state index in [0.29, 0.717) is 25.7 Å². The van der Waals surface area contributed by atoms with Crippen molar-refractivity contribution in [2.24, 2.45) is 16.7 Å². The molecular formula is C42H66O6. The van der Waals surface area contributed by atoms with Crippen LogP contribution in [0.1, 0.15) is 147 Å². The van der Waals surface area contributed by atoms with Crippen molar-refractivity contribution in [3.8, 4) is 0 Å². The fraction of sp³-hybridized carbons (Fsp3) is 0.714. The van der Waals surface area contributed by atoms with Gasteiger partial charge in [-0.15, -0.1) is 0 Å². The van der Waals surface area contributed by atoms with Crippen LogP contribution in [-0.4, -0.2) is 51.0 Å². The Kier molecular flexibility index (Phi) is 13.2. The lowest BCUT2D eigenvalue weighted by molar-refractivity contribution is -0.152. The zero-order valence-electron chi connectivity index (χ0n) is 32.0. The summed E-state index contributed by atoms with van der Waals surface area (Å²) in [5, 5.41) is 21.5. The van der Waals surface area contributed by atoms with E-state index < -0.39 is 16.8 Å². The predicted octanol–water partition coefficient (Wildman–Crippen LogP) is 9.46. The minimum Gasteiger partial charge on any atom is -0.462 e. The Morgan fingerprint density at radius 2 is 1.56 bits per heavy atom. The fourth-order valence-corrected chi connectivity index (χ4v) is 8.72. The van der Waals surface area contributed by atoms with Crippen molar-refractivity contribution in [3.63, 3.8) is 0 Å². The van der Waals surface area contributed by atoms with E-state index in [9.17, 15) is 19.8 Å². The van der Waals surface area contributed by atoms with E-state index in [4.69, 9.17) is 9.47 Å². The minimum atomic E-state index is -0.992. The molecule has 48 heavy (non-hydrogen) atoms. The zero-order valence-corrected chi connectivity index (χ0v) is 32.0. The molecule has 0 aromatic carbocycles. The molecule has 0 bridgehead atoms. The lowest BCUT2D eigenvalue weighted by atomic mass is 9.61. The van der Waals surface area contributed by atoms with Gasteiger partial charge in [-0.3, -0.25) is 9.59 Å². The van der Waals surface area contributed by atoms with Crippen LogP contribution in [0.15, 0.2) is 58.7 Å². The molecule has 0 radical (unpaired) electrons. The van der Waals surface area contributed by atoms with Crippen LogP contribution in [0.4, 0.5) is 0 Å². The number of unbranched alkanes of at least 4 members (excludes halogenated alkanes) is 1. The van der Waals surface area contributed by atoms with Crippen molar-refractivity contribution >= 4 is 11.8 Å². The number of aliphatic hydroxyl groups is 2. The monoisotopic (exact) mass is 666 g/mol. The molecule has 0 spiro atoms. The summed E-state index contributed by atoms with van der Waals surface area (Å²) in [6, 6.07) is 0. The van der Waals surface area contributed by atoms with Crippen LogP contribution in [0.5, 0.6) is 0 Å². The van der Waals surface area contributed by atoms with Crippen molar-refractivity contribution in [2.45, 2.75) is 176 Å². The maximum Gasteiger partial charge on any atom is 0.302 e. The van der Waals surface area contributed by atoms with Gasteiger partial charge in [-0.2, -0.15) is 0 Å². The quantitative estimate of drug-likeness (QED) is 0.0594. The summed E-state index contributed by atoms with van der Waals surface area (Å²) in [5.74, 6) is -0.110. The third-order valence-electron chi connectivity index (χ3n) is 11.3. The summed E-state index contributed by atoms with van der Waals surface area (Å²) in [5.41, 5.74) is 2.64. The van der Waals surface area contributed by atoms with E-state index in [2.05, 4.69) is 91.8 Å². The predicted molar refractivity (Wildman–Crippen MR) is 195 cm³/mol. The highest BCUT2D eigenvalue weighted by Gasteiger charge is 2.76. The van der Waals surface area contributed by atoms with Gasteiger partial charge in [0.1, 0.15) is 17.5 Å². The standard InChI is InChI=1S/C42H66O6/c1-29(18-14-19-31(3)22-23-37-38(6,7)26-35(47-33(5)43)27-40(37,10)46)16-12-13-17-30(2)20-15-21-32(4)36(45)28-42-39(8,9)24-34(44)25-41(42,11)48-42/h15-17,19-20,23,32,34-35,44,46H,12-14,18,21-22,24-28H2,1-11H3/b20-15-,29-16+,30-17+,31-19+,37-23?/t32?,34-,35-,40+,41+,42-/m0/s1. The van der Waals surface area contributed by atoms with E-state index in [0.717, 1.165) is 50.5 Å². The summed E-state index contributed by atoms with van der Waals surface area (Å²) >= 11 is 0. The molecule has 1 heterocycles. The second-order valence-electron chi connectivity index (χ2n) is 17.1. The summed E-state index contributed by atoms with van der Waals surface area (Å²) in [6.45, 7) is 22.3. The number of aliphatic hydroxyl groups excluding tert-OH is 1. The topological polar surface area (TPSA) is 96.4 Å². The first-order valence-electron chi connectivity index (χ1n) is 18.3. The van der Waals surface area contributed by atoms with E-state index in [1.165, 1.54) is 23.6 Å². The molecule has 0 amide bonds. The first kappa shape index (κ1) is 40.2. The third-order valence-corrected chi connectivity index (χ3v) is 11.3. The van der Waals surface area contributed by atoms with E-state index in [1.807, 2.05) is 13.8 Å². The number of ketones is 1. The smallest absolute Gasteiger partial charge is 0.302 e. The number of rotatable bonds is 15. The lowest BCUT2D eigenvalue weighted by Crippen LogP contribution is -2.48. The van der Waals surface area contributed by atoms with Gasteiger partial charge in [-0.05, 0) is 102 Å². The van der Waals surface area contributed by atoms with E-state index in [1.54, 1.807) is 0 Å². The number of esters is 1. The molecule has 1 aliphatic heterocycles. The molecule has 0 aromatic heterocycles. The Hall–Kier alpha value is -2.28. The number of carbonyl (C=O) groups excluding carboxylic acids is 2. The molecule has 3 aliphatic rings. The van der Waals surface area contributed by atoms with Crippen LogP contribution in [0.3, 0.4) is 0 Å². The highest BCUT2D eigenvalue weighted by Crippen LogP contribution is 2.67. The van der Waals surface area contributed by atoms with Crippen LogP contribution in [-0.2, 0) is 19.1 Å². The Morgan fingerprint density at radius 3 is 2.19 bits per heavy atom. The number of ether oxygens (including phenoxy) is 2. The summed E-state index contributed by atoms with van der Waals surface area (Å²) < 4.78 is 11.7. The molecule has 3 fully saturated rings. The minimum absolute atomic E-state index is 0.0603. The van der Waals surface area contributed by atoms with Crippen molar-refractivity contribution in [1.29, 1.82) is 0 Å². The number of epoxide rings is 1. The molecule has 3 rings (SSSR count). The van der Waals surface area contributed by atoms with Gasteiger partial charge in [-0.25, -0.2) is 0 Å². The molecule has 2 aliphatic carbocycles.